The van der Waals surface area contributed by atoms with Gasteiger partial charge in [-0.3, -0.25) is 9.59 Å². The monoisotopic (exact) mass is 523 g/mol. The molecule has 0 bridgehead atoms. The van der Waals surface area contributed by atoms with Crippen LogP contribution in [0.15, 0.2) is 29.4 Å². The highest BCUT2D eigenvalue weighted by atomic mass is 31.2. The highest BCUT2D eigenvalue weighted by molar-refractivity contribution is 7.46. The van der Waals surface area contributed by atoms with Crippen LogP contribution < -0.4 is 11.1 Å². The Morgan fingerprint density at radius 3 is 2.53 bits per heavy atom. The van der Waals surface area contributed by atoms with Crippen LogP contribution in [0.5, 0.6) is 0 Å². The maximum atomic E-state index is 13.1. The molecule has 0 saturated carbocycles. The number of imide groups is 1. The number of ether oxygens (including phenoxy) is 1. The van der Waals surface area contributed by atoms with Gasteiger partial charge >= 0.3 is 13.9 Å². The van der Waals surface area contributed by atoms with Crippen LogP contribution in [0.4, 0.5) is 10.5 Å². The molecule has 36 heavy (non-hydrogen) atoms. The van der Waals surface area contributed by atoms with Crippen LogP contribution in [-0.4, -0.2) is 63.3 Å². The van der Waals surface area contributed by atoms with Crippen molar-refractivity contribution in [1.82, 2.24) is 15.2 Å². The number of rotatable bonds is 10. The second kappa shape index (κ2) is 12.5. The zero-order chi connectivity index (χ0) is 27.0. The van der Waals surface area contributed by atoms with Gasteiger partial charge in [0.05, 0.1) is 16.9 Å². The predicted molar refractivity (Wildman–Crippen MR) is 131 cm³/mol. The van der Waals surface area contributed by atoms with Crippen LogP contribution in [0.2, 0.25) is 0 Å². The second-order valence-corrected chi connectivity index (χ2v) is 8.90. The van der Waals surface area contributed by atoms with Gasteiger partial charge in [-0.05, 0) is 50.5 Å². The zero-order valence-electron chi connectivity index (χ0n) is 20.4. The second-order valence-electron chi connectivity index (χ2n) is 7.66. The van der Waals surface area contributed by atoms with E-state index in [2.05, 4.69) is 24.6 Å². The SMILES string of the molecule is CCCN(C(=O)OCOP(=O)(O)O)C(=O)c1c[nH]c(C(N)=Nc2cc(C(=O)NCC)ccc2C)c1C. The normalized spacial score (nSPS) is 11.8. The molecule has 6 N–H and O–H groups in total. The molecule has 0 fully saturated rings. The molecule has 2 rings (SSSR count). The number of hydrogen-bond acceptors (Lipinski definition) is 7. The van der Waals surface area contributed by atoms with Crippen molar-refractivity contribution in [2.24, 2.45) is 10.7 Å². The fraction of sp³-hybridized carbons (Fsp3) is 0.364. The van der Waals surface area contributed by atoms with Crippen molar-refractivity contribution in [3.63, 3.8) is 0 Å². The van der Waals surface area contributed by atoms with E-state index in [0.29, 0.717) is 35.5 Å². The van der Waals surface area contributed by atoms with Crippen molar-refractivity contribution >= 4 is 37.3 Å². The largest absolute Gasteiger partial charge is 0.472 e. The Morgan fingerprint density at radius 1 is 1.22 bits per heavy atom. The van der Waals surface area contributed by atoms with Gasteiger partial charge in [0, 0.05) is 24.8 Å². The third-order valence-electron chi connectivity index (χ3n) is 4.99. The van der Waals surface area contributed by atoms with Crippen molar-refractivity contribution in [3.8, 4) is 0 Å². The molecule has 0 saturated heterocycles. The van der Waals surface area contributed by atoms with E-state index in [9.17, 15) is 18.9 Å². The Labute approximate surface area is 207 Å². The topological polar surface area (TPSA) is 197 Å². The van der Waals surface area contributed by atoms with Gasteiger partial charge in [-0.25, -0.2) is 23.8 Å². The number of nitrogens with one attached hydrogen (secondary N) is 2. The number of aromatic amines is 1. The number of carbonyl (C=O) groups excluding carboxylic acids is 3. The van der Waals surface area contributed by atoms with Gasteiger partial charge in [0.2, 0.25) is 6.79 Å². The third-order valence-corrected chi connectivity index (χ3v) is 5.43. The number of carbonyl (C=O) groups is 3. The van der Waals surface area contributed by atoms with Crippen molar-refractivity contribution < 1.29 is 38.0 Å². The molecule has 1 heterocycles. The van der Waals surface area contributed by atoms with Gasteiger partial charge in [-0.2, -0.15) is 0 Å². The first kappa shape index (κ1) is 28.7. The lowest BCUT2D eigenvalue weighted by molar-refractivity contribution is 0.0203. The lowest BCUT2D eigenvalue weighted by atomic mass is 10.1. The number of amidine groups is 1. The molecular weight excluding hydrogens is 493 g/mol. The van der Waals surface area contributed by atoms with E-state index in [1.807, 2.05) is 13.8 Å². The van der Waals surface area contributed by atoms with Gasteiger partial charge in [-0.1, -0.05) is 13.0 Å². The molecule has 0 aliphatic heterocycles. The van der Waals surface area contributed by atoms with Crippen LogP contribution >= 0.6 is 7.82 Å². The number of amides is 3. The Hall–Kier alpha value is -3.51. The summed E-state index contributed by atoms with van der Waals surface area (Å²) in [5.41, 5.74) is 8.76. The van der Waals surface area contributed by atoms with E-state index >= 15 is 0 Å². The molecule has 0 aliphatic rings. The molecule has 0 unspecified atom stereocenters. The lowest BCUT2D eigenvalue weighted by Crippen LogP contribution is -2.38. The van der Waals surface area contributed by atoms with Crippen molar-refractivity contribution in [1.29, 1.82) is 0 Å². The fourth-order valence-corrected chi connectivity index (χ4v) is 3.36. The Morgan fingerprint density at radius 2 is 1.92 bits per heavy atom. The molecule has 13 nitrogen and oxygen atoms in total. The highest BCUT2D eigenvalue weighted by Crippen LogP contribution is 2.35. The Kier molecular flexibility index (Phi) is 9.93. The van der Waals surface area contributed by atoms with E-state index in [1.165, 1.54) is 6.20 Å². The quantitative estimate of drug-likeness (QED) is 0.134. The molecule has 14 heteroatoms. The van der Waals surface area contributed by atoms with Crippen LogP contribution in [0, 0.1) is 13.8 Å². The third kappa shape index (κ3) is 7.49. The Bertz CT molecular complexity index is 1200. The van der Waals surface area contributed by atoms with Gasteiger partial charge in [-0.15, -0.1) is 0 Å². The summed E-state index contributed by atoms with van der Waals surface area (Å²) in [5, 5.41) is 2.72. The number of aliphatic imine (C=N–C) groups is 1. The van der Waals surface area contributed by atoms with E-state index in [0.717, 1.165) is 10.5 Å². The van der Waals surface area contributed by atoms with E-state index < -0.39 is 26.6 Å². The summed E-state index contributed by atoms with van der Waals surface area (Å²) in [6.07, 6.45) is 0.647. The molecule has 0 aliphatic carbocycles. The van der Waals surface area contributed by atoms with Crippen LogP contribution in [0.25, 0.3) is 0 Å². The maximum absolute atomic E-state index is 13.1. The highest BCUT2D eigenvalue weighted by Gasteiger charge is 2.28. The molecule has 0 radical (unpaired) electrons. The summed E-state index contributed by atoms with van der Waals surface area (Å²) in [5.74, 6) is -0.895. The van der Waals surface area contributed by atoms with E-state index in [1.54, 1.807) is 32.0 Å². The Balaban J connectivity index is 2.30. The first-order valence-corrected chi connectivity index (χ1v) is 12.5. The van der Waals surface area contributed by atoms with Gasteiger partial charge < -0.3 is 30.6 Å². The van der Waals surface area contributed by atoms with Gasteiger partial charge in [0.25, 0.3) is 11.8 Å². The molecule has 2 aromatic rings. The molecule has 0 atom stereocenters. The number of benzene rings is 1. The maximum Gasteiger partial charge on any atom is 0.472 e. The minimum absolute atomic E-state index is 0.0110. The standard InChI is InChI=1S/C22H30N5O8P/c1-5-9-27(22(30)34-12-35-36(31,32)33)21(29)16-11-25-18(14(16)4)19(23)26-17-10-15(8-7-13(17)3)20(28)24-6-2/h7-8,10-11,25H,5-6,9,12H2,1-4H3,(H2,23,26)(H,24,28)(H2,31,32,33). The molecule has 1 aromatic heterocycles. The number of hydrogen-bond donors (Lipinski definition) is 5. The molecule has 196 valence electrons. The minimum Gasteiger partial charge on any atom is -0.421 e. The molecule has 0 spiro atoms. The van der Waals surface area contributed by atoms with Crippen molar-refractivity contribution in [3.05, 3.63) is 52.3 Å². The number of phosphoric acid groups is 1. The van der Waals surface area contributed by atoms with Gasteiger partial charge in [0.15, 0.2) is 0 Å². The van der Waals surface area contributed by atoms with Crippen LogP contribution in [0.3, 0.4) is 0 Å². The molecule has 3 amide bonds. The fourth-order valence-electron chi connectivity index (χ4n) is 3.17. The molecule has 1 aromatic carbocycles. The predicted octanol–water partition coefficient (Wildman–Crippen LogP) is 2.47. The number of aryl methyl sites for hydroxylation is 1. The number of nitrogens with two attached hydrogens (primary N) is 1. The summed E-state index contributed by atoms with van der Waals surface area (Å²) < 4.78 is 19.5. The number of phosphoric ester groups is 1. The average Bonchev–Trinajstić information content (AvgIpc) is 3.19. The first-order valence-electron chi connectivity index (χ1n) is 11.0. The molecular formula is C22H30N5O8P. The van der Waals surface area contributed by atoms with Crippen LogP contribution in [0.1, 0.15) is 57.8 Å². The summed E-state index contributed by atoms with van der Waals surface area (Å²) in [6, 6.07) is 5.03. The minimum atomic E-state index is -4.84. The van der Waals surface area contributed by atoms with Crippen molar-refractivity contribution in [2.75, 3.05) is 19.9 Å². The van der Waals surface area contributed by atoms with Gasteiger partial charge in [0.1, 0.15) is 5.84 Å². The summed E-state index contributed by atoms with van der Waals surface area (Å²) >= 11 is 0. The van der Waals surface area contributed by atoms with Crippen molar-refractivity contribution in [2.45, 2.75) is 34.1 Å². The lowest BCUT2D eigenvalue weighted by Gasteiger charge is -2.19. The average molecular weight is 523 g/mol. The number of aromatic nitrogens is 1. The summed E-state index contributed by atoms with van der Waals surface area (Å²) in [6.45, 7) is 6.42. The summed E-state index contributed by atoms with van der Waals surface area (Å²) in [7, 11) is -4.84. The number of nitrogens with zero attached hydrogens (tertiary/aromatic N) is 2. The smallest absolute Gasteiger partial charge is 0.421 e. The zero-order valence-corrected chi connectivity index (χ0v) is 21.3. The van der Waals surface area contributed by atoms with E-state index in [4.69, 9.17) is 15.5 Å². The van der Waals surface area contributed by atoms with Crippen LogP contribution in [-0.2, 0) is 13.8 Å². The number of H-pyrrole nitrogens is 1. The van der Waals surface area contributed by atoms with E-state index in [-0.39, 0.29) is 23.9 Å². The first-order chi connectivity index (χ1) is 16.9. The summed E-state index contributed by atoms with van der Waals surface area (Å²) in [4.78, 5) is 63.1.